The molecular weight excluding hydrogens is 330 g/mol. The highest BCUT2D eigenvalue weighted by atomic mass is 32.2. The number of phenols is 1. The molecule has 0 unspecified atom stereocenters. The number of ketones is 1. The highest BCUT2D eigenvalue weighted by molar-refractivity contribution is 7.86. The molecule has 0 spiro atoms. The van der Waals surface area contributed by atoms with Crippen molar-refractivity contribution in [3.05, 3.63) is 65.7 Å². The normalized spacial score (nSPS) is 11.5. The van der Waals surface area contributed by atoms with Crippen molar-refractivity contribution in [2.45, 2.75) is 4.90 Å². The fraction of sp³-hybridized carbons (Fsp3) is 0. The number of rotatable bonds is 3. The maximum atomic E-state index is 12.6. The van der Waals surface area contributed by atoms with E-state index < -0.39 is 15.0 Å². The van der Waals surface area contributed by atoms with Gasteiger partial charge >= 0.3 is 0 Å². The van der Waals surface area contributed by atoms with E-state index in [1.807, 2.05) is 0 Å². The van der Waals surface area contributed by atoms with Gasteiger partial charge < -0.3 is 10.8 Å². The SMILES string of the molecule is Nc1c(C(=O)c2ccccc2)ccc2cc(O)cc(S(=O)(=O)O)c12. The molecule has 0 atom stereocenters. The first kappa shape index (κ1) is 16.0. The molecule has 0 bridgehead atoms. The molecule has 0 heterocycles. The maximum Gasteiger partial charge on any atom is 0.295 e. The van der Waals surface area contributed by atoms with Crippen LogP contribution in [0, 0.1) is 0 Å². The minimum atomic E-state index is -4.63. The number of nitrogens with two attached hydrogens (primary N) is 1. The minimum absolute atomic E-state index is 0.00270. The quantitative estimate of drug-likeness (QED) is 0.382. The molecule has 0 aliphatic heterocycles. The van der Waals surface area contributed by atoms with E-state index in [1.165, 1.54) is 18.2 Å². The highest BCUT2D eigenvalue weighted by Gasteiger charge is 2.21. The Kier molecular flexibility index (Phi) is 3.75. The Hall–Kier alpha value is -2.90. The van der Waals surface area contributed by atoms with Gasteiger partial charge in [0.15, 0.2) is 5.78 Å². The molecule has 3 aromatic rings. The first-order valence-corrected chi connectivity index (χ1v) is 8.35. The predicted molar refractivity (Wildman–Crippen MR) is 89.7 cm³/mol. The standard InChI is InChI=1S/C17H13NO5S/c18-16-13(17(20)10-4-2-1-3-5-10)7-6-11-8-12(19)9-14(15(11)16)24(21,22)23/h1-9,19H,18H2,(H,21,22,23). The second-order valence-electron chi connectivity index (χ2n) is 5.24. The van der Waals surface area contributed by atoms with Gasteiger partial charge in [-0.05, 0) is 17.5 Å². The Labute approximate surface area is 137 Å². The largest absolute Gasteiger partial charge is 0.508 e. The second kappa shape index (κ2) is 5.63. The van der Waals surface area contributed by atoms with Gasteiger partial charge in [-0.3, -0.25) is 9.35 Å². The molecule has 0 saturated carbocycles. The van der Waals surface area contributed by atoms with Crippen LogP contribution < -0.4 is 5.73 Å². The van der Waals surface area contributed by atoms with E-state index in [9.17, 15) is 22.9 Å². The molecule has 7 heteroatoms. The fourth-order valence-corrected chi connectivity index (χ4v) is 3.34. The summed E-state index contributed by atoms with van der Waals surface area (Å²) in [6.45, 7) is 0. The fourth-order valence-electron chi connectivity index (χ4n) is 2.59. The molecule has 3 rings (SSSR count). The Morgan fingerprint density at radius 1 is 1.00 bits per heavy atom. The number of carbonyl (C=O) groups excluding carboxylic acids is 1. The van der Waals surface area contributed by atoms with Gasteiger partial charge in [0.1, 0.15) is 10.6 Å². The number of carbonyl (C=O) groups is 1. The van der Waals surface area contributed by atoms with Crippen LogP contribution in [0.2, 0.25) is 0 Å². The van der Waals surface area contributed by atoms with Crippen molar-refractivity contribution >= 4 is 32.4 Å². The van der Waals surface area contributed by atoms with E-state index in [0.29, 0.717) is 10.9 Å². The van der Waals surface area contributed by atoms with Crippen LogP contribution >= 0.6 is 0 Å². The number of anilines is 1. The van der Waals surface area contributed by atoms with Crippen molar-refractivity contribution in [1.82, 2.24) is 0 Å². The molecule has 0 aromatic heterocycles. The lowest BCUT2D eigenvalue weighted by molar-refractivity contribution is 0.103. The zero-order valence-electron chi connectivity index (χ0n) is 12.3. The number of aromatic hydroxyl groups is 1. The van der Waals surface area contributed by atoms with Gasteiger partial charge in [0.05, 0.1) is 5.69 Å². The molecule has 0 aliphatic rings. The van der Waals surface area contributed by atoms with Gasteiger partial charge in [0.25, 0.3) is 10.1 Å². The lowest BCUT2D eigenvalue weighted by atomic mass is 9.97. The summed E-state index contributed by atoms with van der Waals surface area (Å²) in [6.07, 6.45) is 0. The number of nitrogen functional groups attached to an aromatic ring is 1. The van der Waals surface area contributed by atoms with E-state index in [4.69, 9.17) is 5.73 Å². The van der Waals surface area contributed by atoms with Gasteiger partial charge in [-0.15, -0.1) is 0 Å². The van der Waals surface area contributed by atoms with E-state index >= 15 is 0 Å². The van der Waals surface area contributed by atoms with Crippen molar-refractivity contribution in [2.75, 3.05) is 5.73 Å². The van der Waals surface area contributed by atoms with Crippen LogP contribution in [-0.4, -0.2) is 23.9 Å². The molecule has 0 amide bonds. The van der Waals surface area contributed by atoms with Crippen molar-refractivity contribution in [2.24, 2.45) is 0 Å². The lowest BCUT2D eigenvalue weighted by Crippen LogP contribution is -2.08. The van der Waals surface area contributed by atoms with Gasteiger partial charge in [-0.1, -0.05) is 36.4 Å². The highest BCUT2D eigenvalue weighted by Crippen LogP contribution is 2.34. The van der Waals surface area contributed by atoms with Gasteiger partial charge in [0, 0.05) is 22.6 Å². The Bertz CT molecular complexity index is 1060. The van der Waals surface area contributed by atoms with Gasteiger partial charge in [-0.25, -0.2) is 0 Å². The maximum absolute atomic E-state index is 12.6. The molecule has 3 aromatic carbocycles. The lowest BCUT2D eigenvalue weighted by Gasteiger charge is -2.12. The van der Waals surface area contributed by atoms with Crippen LogP contribution in [-0.2, 0) is 10.1 Å². The van der Waals surface area contributed by atoms with Crippen molar-refractivity contribution < 1.29 is 22.9 Å². The molecule has 6 nitrogen and oxygen atoms in total. The monoisotopic (exact) mass is 343 g/mol. The molecule has 24 heavy (non-hydrogen) atoms. The molecular formula is C17H13NO5S. The third-order valence-corrected chi connectivity index (χ3v) is 4.54. The van der Waals surface area contributed by atoms with Crippen LogP contribution in [0.4, 0.5) is 5.69 Å². The summed E-state index contributed by atoms with van der Waals surface area (Å²) in [5, 5.41) is 9.93. The van der Waals surface area contributed by atoms with Crippen molar-refractivity contribution in [3.63, 3.8) is 0 Å². The van der Waals surface area contributed by atoms with Crippen LogP contribution in [0.3, 0.4) is 0 Å². The number of hydrogen-bond acceptors (Lipinski definition) is 5. The number of phenolic OH excluding ortho intramolecular Hbond substituents is 1. The van der Waals surface area contributed by atoms with Gasteiger partial charge in [-0.2, -0.15) is 8.42 Å². The van der Waals surface area contributed by atoms with Crippen LogP contribution in [0.5, 0.6) is 5.75 Å². The number of benzene rings is 3. The Morgan fingerprint density at radius 2 is 1.67 bits per heavy atom. The molecule has 0 aliphatic carbocycles. The number of fused-ring (bicyclic) bond motifs is 1. The molecule has 0 radical (unpaired) electrons. The molecule has 122 valence electrons. The zero-order valence-corrected chi connectivity index (χ0v) is 13.1. The smallest absolute Gasteiger partial charge is 0.295 e. The Morgan fingerprint density at radius 3 is 2.29 bits per heavy atom. The summed E-state index contributed by atoms with van der Waals surface area (Å²) in [6, 6.07) is 13.5. The summed E-state index contributed by atoms with van der Waals surface area (Å²) in [5.74, 6) is -0.707. The Balaban J connectivity index is 2.32. The zero-order chi connectivity index (χ0) is 17.5. The van der Waals surface area contributed by atoms with E-state index in [1.54, 1.807) is 30.3 Å². The number of hydrogen-bond donors (Lipinski definition) is 3. The summed E-state index contributed by atoms with van der Waals surface area (Å²) in [5.41, 5.74) is 6.47. The third kappa shape index (κ3) is 2.70. The molecule has 4 N–H and O–H groups in total. The average Bonchev–Trinajstić information content (AvgIpc) is 2.53. The minimum Gasteiger partial charge on any atom is -0.508 e. The molecule has 0 saturated heterocycles. The second-order valence-corrected chi connectivity index (χ2v) is 6.63. The summed E-state index contributed by atoms with van der Waals surface area (Å²) >= 11 is 0. The van der Waals surface area contributed by atoms with Gasteiger partial charge in [0.2, 0.25) is 0 Å². The van der Waals surface area contributed by atoms with Crippen LogP contribution in [0.25, 0.3) is 10.8 Å². The first-order chi connectivity index (χ1) is 11.3. The predicted octanol–water partition coefficient (Wildman–Crippen LogP) is 2.61. The average molecular weight is 343 g/mol. The van der Waals surface area contributed by atoms with E-state index in [0.717, 1.165) is 6.07 Å². The molecule has 0 fully saturated rings. The summed E-state index contributed by atoms with van der Waals surface area (Å²) in [4.78, 5) is 12.1. The third-order valence-electron chi connectivity index (χ3n) is 3.67. The first-order valence-electron chi connectivity index (χ1n) is 6.91. The van der Waals surface area contributed by atoms with E-state index in [2.05, 4.69) is 0 Å². The van der Waals surface area contributed by atoms with Crippen LogP contribution in [0.15, 0.2) is 59.5 Å². The van der Waals surface area contributed by atoms with Crippen molar-refractivity contribution in [3.8, 4) is 5.75 Å². The van der Waals surface area contributed by atoms with E-state index in [-0.39, 0.29) is 28.2 Å². The van der Waals surface area contributed by atoms with Crippen molar-refractivity contribution in [1.29, 1.82) is 0 Å². The topological polar surface area (TPSA) is 118 Å². The summed E-state index contributed by atoms with van der Waals surface area (Å²) in [7, 11) is -4.63. The summed E-state index contributed by atoms with van der Waals surface area (Å²) < 4.78 is 32.6. The van der Waals surface area contributed by atoms with Crippen LogP contribution in [0.1, 0.15) is 15.9 Å².